The van der Waals surface area contributed by atoms with Crippen LogP contribution in [-0.2, 0) is 21.2 Å². The number of amides is 3. The third-order valence-corrected chi connectivity index (χ3v) is 8.44. The van der Waals surface area contributed by atoms with Crippen LogP contribution in [0.25, 0.3) is 0 Å². The van der Waals surface area contributed by atoms with Crippen molar-refractivity contribution in [3.63, 3.8) is 0 Å². The number of carbonyl (C=O) groups is 2. The van der Waals surface area contributed by atoms with Crippen LogP contribution in [0.2, 0.25) is 0 Å². The number of likely N-dealkylation sites (N-methyl/N-ethyl adjacent to an activating group) is 1. The van der Waals surface area contributed by atoms with Gasteiger partial charge in [0.15, 0.2) is 0 Å². The average molecular weight is 581 g/mol. The Morgan fingerprint density at radius 1 is 1.07 bits per heavy atom. The van der Waals surface area contributed by atoms with Gasteiger partial charge in [0.1, 0.15) is 11.9 Å². The van der Waals surface area contributed by atoms with Crippen molar-refractivity contribution in [2.24, 2.45) is 5.92 Å². The maximum Gasteiger partial charge on any atom is 0.321 e. The van der Waals surface area contributed by atoms with Gasteiger partial charge in [-0.25, -0.2) is 13.2 Å². The number of benzene rings is 3. The zero-order chi connectivity index (χ0) is 29.6. The smallest absolute Gasteiger partial charge is 0.321 e. The number of aliphatic hydroxyl groups is 1. The minimum absolute atomic E-state index is 0.0512. The zero-order valence-electron chi connectivity index (χ0n) is 23.4. The first kappa shape index (κ1) is 29.9. The van der Waals surface area contributed by atoms with Gasteiger partial charge in [0, 0.05) is 36.4 Å². The standard InChI is InChI=1S/C30H36N4O6S/c1-21-18-34(22(2)20-35)29(36)17-23-16-25(32-41(38,39)26-12-8-5-9-13-26)14-15-27(23)40-28(21)19-33(3)30(37)31-24-10-6-4-7-11-24/h4-16,21-22,28,32,35H,17-20H2,1-3H3,(H,31,37)/t21-,22+,28-/m0/s1. The van der Waals surface area contributed by atoms with Gasteiger partial charge in [-0.2, -0.15) is 0 Å². The second kappa shape index (κ2) is 13.0. The fourth-order valence-electron chi connectivity index (χ4n) is 4.62. The highest BCUT2D eigenvalue weighted by atomic mass is 32.2. The molecule has 0 aromatic heterocycles. The van der Waals surface area contributed by atoms with Gasteiger partial charge in [-0.1, -0.05) is 43.3 Å². The number of anilines is 2. The van der Waals surface area contributed by atoms with Gasteiger partial charge in [-0.3, -0.25) is 9.52 Å². The van der Waals surface area contributed by atoms with E-state index >= 15 is 0 Å². The topological polar surface area (TPSA) is 128 Å². The number of para-hydroxylation sites is 1. The third-order valence-electron chi connectivity index (χ3n) is 7.05. The molecule has 4 rings (SSSR count). The quantitative estimate of drug-likeness (QED) is 0.372. The van der Waals surface area contributed by atoms with Crippen molar-refractivity contribution in [1.29, 1.82) is 0 Å². The van der Waals surface area contributed by atoms with E-state index in [9.17, 15) is 23.1 Å². The Bertz CT molecular complexity index is 1450. The number of aliphatic hydroxyl groups excluding tert-OH is 1. The normalized spacial score (nSPS) is 18.1. The highest BCUT2D eigenvalue weighted by Gasteiger charge is 2.32. The molecule has 218 valence electrons. The first-order valence-electron chi connectivity index (χ1n) is 13.4. The Hall–Kier alpha value is -4.09. The predicted molar refractivity (Wildman–Crippen MR) is 157 cm³/mol. The first-order valence-corrected chi connectivity index (χ1v) is 14.9. The van der Waals surface area contributed by atoms with Gasteiger partial charge < -0.3 is 25.0 Å². The van der Waals surface area contributed by atoms with E-state index in [1.807, 2.05) is 25.1 Å². The number of carbonyl (C=O) groups excluding carboxylic acids is 2. The number of sulfonamides is 1. The summed E-state index contributed by atoms with van der Waals surface area (Å²) in [5.41, 5.74) is 1.44. The summed E-state index contributed by atoms with van der Waals surface area (Å²) < 4.78 is 34.8. The molecule has 1 aliphatic rings. The van der Waals surface area contributed by atoms with Crippen LogP contribution in [0.4, 0.5) is 16.2 Å². The first-order chi connectivity index (χ1) is 19.6. The number of hydrogen-bond donors (Lipinski definition) is 3. The molecule has 3 N–H and O–H groups in total. The molecule has 11 heteroatoms. The summed E-state index contributed by atoms with van der Waals surface area (Å²) in [6.07, 6.45) is -0.559. The minimum atomic E-state index is -3.85. The highest BCUT2D eigenvalue weighted by molar-refractivity contribution is 7.92. The van der Waals surface area contributed by atoms with Crippen LogP contribution in [0.1, 0.15) is 19.4 Å². The molecule has 3 aromatic carbocycles. The van der Waals surface area contributed by atoms with Crippen LogP contribution in [-0.4, -0.2) is 74.2 Å². The molecule has 3 atom stereocenters. The van der Waals surface area contributed by atoms with Gasteiger partial charge >= 0.3 is 6.03 Å². The monoisotopic (exact) mass is 580 g/mol. The molecule has 3 aromatic rings. The van der Waals surface area contributed by atoms with Crippen molar-refractivity contribution in [2.45, 2.75) is 37.3 Å². The molecule has 0 spiro atoms. The van der Waals surface area contributed by atoms with Crippen LogP contribution in [0, 0.1) is 5.92 Å². The van der Waals surface area contributed by atoms with Crippen LogP contribution in [0.15, 0.2) is 83.8 Å². The summed E-state index contributed by atoms with van der Waals surface area (Å²) in [7, 11) is -2.18. The predicted octanol–water partition coefficient (Wildman–Crippen LogP) is 3.80. The maximum atomic E-state index is 13.4. The fourth-order valence-corrected chi connectivity index (χ4v) is 5.69. The minimum Gasteiger partial charge on any atom is -0.488 e. The number of rotatable bonds is 8. The van der Waals surface area contributed by atoms with Crippen molar-refractivity contribution in [2.75, 3.05) is 36.8 Å². The number of fused-ring (bicyclic) bond motifs is 1. The molecule has 0 unspecified atom stereocenters. The Morgan fingerprint density at radius 2 is 1.73 bits per heavy atom. The molecular formula is C30H36N4O6S. The van der Waals surface area contributed by atoms with E-state index in [-0.39, 0.29) is 48.0 Å². The molecule has 0 fully saturated rings. The Kier molecular flexibility index (Phi) is 9.51. The van der Waals surface area contributed by atoms with Crippen molar-refractivity contribution in [3.05, 3.63) is 84.4 Å². The summed E-state index contributed by atoms with van der Waals surface area (Å²) in [6, 6.07) is 21.2. The molecule has 0 aliphatic carbocycles. The van der Waals surface area contributed by atoms with E-state index in [1.54, 1.807) is 67.4 Å². The van der Waals surface area contributed by atoms with Gasteiger partial charge in [-0.15, -0.1) is 0 Å². The van der Waals surface area contributed by atoms with E-state index in [1.165, 1.54) is 17.0 Å². The summed E-state index contributed by atoms with van der Waals surface area (Å²) in [5.74, 6) is -0.00231. The number of ether oxygens (including phenoxy) is 1. The lowest BCUT2D eigenvalue weighted by atomic mass is 10.0. The van der Waals surface area contributed by atoms with Gasteiger partial charge in [0.2, 0.25) is 5.91 Å². The summed E-state index contributed by atoms with van der Waals surface area (Å²) in [4.78, 5) is 29.6. The lowest BCUT2D eigenvalue weighted by molar-refractivity contribution is -0.134. The maximum absolute atomic E-state index is 13.4. The molecule has 1 aliphatic heterocycles. The SMILES string of the molecule is C[C@H](CO)N1C[C@H](C)[C@H](CN(C)C(=O)Nc2ccccc2)Oc2ccc(NS(=O)(=O)c3ccccc3)cc2CC1=O. The van der Waals surface area contributed by atoms with Crippen LogP contribution >= 0.6 is 0 Å². The molecule has 1 heterocycles. The van der Waals surface area contributed by atoms with Crippen LogP contribution in [0.5, 0.6) is 5.75 Å². The second-order valence-electron chi connectivity index (χ2n) is 10.3. The van der Waals surface area contributed by atoms with E-state index < -0.39 is 22.2 Å². The zero-order valence-corrected chi connectivity index (χ0v) is 24.2. The average Bonchev–Trinajstić information content (AvgIpc) is 3.01. The largest absolute Gasteiger partial charge is 0.488 e. The molecule has 0 radical (unpaired) electrons. The van der Waals surface area contributed by atoms with Crippen molar-refractivity contribution < 1.29 is 27.9 Å². The van der Waals surface area contributed by atoms with E-state index in [0.29, 0.717) is 23.5 Å². The van der Waals surface area contributed by atoms with Crippen molar-refractivity contribution in [1.82, 2.24) is 9.80 Å². The Morgan fingerprint density at radius 3 is 2.39 bits per heavy atom. The van der Waals surface area contributed by atoms with Gasteiger partial charge in [-0.05, 0) is 49.4 Å². The van der Waals surface area contributed by atoms with Crippen molar-refractivity contribution >= 4 is 33.3 Å². The van der Waals surface area contributed by atoms with E-state index in [0.717, 1.165) is 0 Å². The van der Waals surface area contributed by atoms with Crippen LogP contribution in [0.3, 0.4) is 0 Å². The number of nitrogens with zero attached hydrogens (tertiary/aromatic N) is 2. The molecule has 0 saturated heterocycles. The van der Waals surface area contributed by atoms with E-state index in [2.05, 4.69) is 10.0 Å². The molecule has 0 bridgehead atoms. The van der Waals surface area contributed by atoms with E-state index in [4.69, 9.17) is 4.74 Å². The third kappa shape index (κ3) is 7.56. The molecular weight excluding hydrogens is 544 g/mol. The van der Waals surface area contributed by atoms with Gasteiger partial charge in [0.25, 0.3) is 10.0 Å². The molecule has 3 amide bonds. The van der Waals surface area contributed by atoms with Gasteiger partial charge in [0.05, 0.1) is 30.5 Å². The Balaban J connectivity index is 1.62. The lowest BCUT2D eigenvalue weighted by Gasteiger charge is -2.34. The Labute approximate surface area is 241 Å². The number of urea groups is 1. The molecule has 41 heavy (non-hydrogen) atoms. The molecule has 0 saturated carbocycles. The summed E-state index contributed by atoms with van der Waals surface area (Å²) in [6.45, 7) is 4.01. The summed E-state index contributed by atoms with van der Waals surface area (Å²) in [5, 5.41) is 12.7. The summed E-state index contributed by atoms with van der Waals surface area (Å²) >= 11 is 0. The highest BCUT2D eigenvalue weighted by Crippen LogP contribution is 2.30. The van der Waals surface area contributed by atoms with Crippen LogP contribution < -0.4 is 14.8 Å². The number of nitrogens with one attached hydrogen (secondary N) is 2. The fraction of sp³-hybridized carbons (Fsp3) is 0.333. The van der Waals surface area contributed by atoms with Crippen molar-refractivity contribution in [3.8, 4) is 5.75 Å². The molecule has 10 nitrogen and oxygen atoms in total. The number of hydrogen-bond acceptors (Lipinski definition) is 6. The second-order valence-corrected chi connectivity index (χ2v) is 12.0. The lowest BCUT2D eigenvalue weighted by Crippen LogP contribution is -2.48.